The summed E-state index contributed by atoms with van der Waals surface area (Å²) in [6.07, 6.45) is 4.12. The minimum atomic E-state index is 0.549. The predicted octanol–water partition coefficient (Wildman–Crippen LogP) is 4.39. The summed E-state index contributed by atoms with van der Waals surface area (Å²) < 4.78 is 6.81. The molecule has 0 aliphatic carbocycles. The summed E-state index contributed by atoms with van der Waals surface area (Å²) in [4.78, 5) is 4.41. The first-order valence-corrected chi connectivity index (χ1v) is 7.37. The molecule has 0 fully saturated rings. The summed E-state index contributed by atoms with van der Waals surface area (Å²) in [6.45, 7) is 5.10. The molecule has 0 saturated heterocycles. The highest BCUT2D eigenvalue weighted by atomic mass is 79.9. The maximum absolute atomic E-state index is 5.98. The molecular formula is C15H19BrN2O. The van der Waals surface area contributed by atoms with Crippen molar-refractivity contribution in [3.05, 3.63) is 28.9 Å². The Labute approximate surface area is 122 Å². The van der Waals surface area contributed by atoms with E-state index in [0.29, 0.717) is 12.5 Å². The Bertz CT molecular complexity index is 571. The summed E-state index contributed by atoms with van der Waals surface area (Å²) in [6, 6.07) is 5.74. The quantitative estimate of drug-likeness (QED) is 0.830. The highest BCUT2D eigenvalue weighted by Gasteiger charge is 2.09. The lowest BCUT2D eigenvalue weighted by molar-refractivity contribution is 0.254. The van der Waals surface area contributed by atoms with Crippen molar-refractivity contribution in [1.82, 2.24) is 4.98 Å². The Morgan fingerprint density at radius 3 is 2.95 bits per heavy atom. The van der Waals surface area contributed by atoms with Crippen LogP contribution in [0.5, 0.6) is 5.75 Å². The van der Waals surface area contributed by atoms with Crippen LogP contribution in [0, 0.1) is 5.92 Å². The van der Waals surface area contributed by atoms with Crippen LogP contribution in [-0.2, 0) is 0 Å². The Hall–Kier alpha value is -1.29. The number of fused-ring (bicyclic) bond motifs is 1. The van der Waals surface area contributed by atoms with E-state index in [4.69, 9.17) is 10.5 Å². The molecule has 0 saturated carbocycles. The van der Waals surface area contributed by atoms with E-state index in [0.717, 1.165) is 26.8 Å². The number of nitrogens with zero attached hydrogens (tertiary/aromatic N) is 1. The molecule has 0 bridgehead atoms. The van der Waals surface area contributed by atoms with E-state index in [1.807, 2.05) is 18.2 Å². The molecule has 1 aromatic heterocycles. The van der Waals surface area contributed by atoms with E-state index in [2.05, 4.69) is 34.8 Å². The van der Waals surface area contributed by atoms with Crippen LogP contribution in [0.15, 0.2) is 28.9 Å². The molecule has 1 atom stereocenters. The number of hydrogen-bond acceptors (Lipinski definition) is 3. The topological polar surface area (TPSA) is 48.1 Å². The van der Waals surface area contributed by atoms with E-state index in [1.165, 1.54) is 12.8 Å². The molecule has 102 valence electrons. The van der Waals surface area contributed by atoms with Crippen LogP contribution in [0.25, 0.3) is 10.9 Å². The molecule has 2 rings (SSSR count). The molecule has 4 heteroatoms. The highest BCUT2D eigenvalue weighted by Crippen LogP contribution is 2.30. The van der Waals surface area contributed by atoms with Gasteiger partial charge in [0.2, 0.25) is 0 Å². The number of benzene rings is 1. The van der Waals surface area contributed by atoms with E-state index in [1.54, 1.807) is 6.20 Å². The Balaban J connectivity index is 2.26. The number of ether oxygens (including phenoxy) is 1. The van der Waals surface area contributed by atoms with Crippen molar-refractivity contribution in [2.24, 2.45) is 5.92 Å². The summed E-state index contributed by atoms with van der Waals surface area (Å²) in [5, 5.41) is 0.926. The Kier molecular flexibility index (Phi) is 4.64. The van der Waals surface area contributed by atoms with Crippen molar-refractivity contribution in [2.75, 3.05) is 12.3 Å². The van der Waals surface area contributed by atoms with Gasteiger partial charge in [0.05, 0.1) is 6.61 Å². The van der Waals surface area contributed by atoms with Gasteiger partial charge in [-0.25, -0.2) is 0 Å². The van der Waals surface area contributed by atoms with E-state index in [-0.39, 0.29) is 0 Å². The summed E-state index contributed by atoms with van der Waals surface area (Å²) >= 11 is 3.42. The smallest absolute Gasteiger partial charge is 0.145 e. The molecule has 2 N–H and O–H groups in total. The van der Waals surface area contributed by atoms with Gasteiger partial charge in [-0.05, 0) is 46.5 Å². The monoisotopic (exact) mass is 322 g/mol. The molecule has 0 aliphatic heterocycles. The fourth-order valence-electron chi connectivity index (χ4n) is 2.11. The standard InChI is InChI=1S/C15H19BrN2O/c1-3-4-10(2)9-19-14-6-5-13(17)12-7-11(16)8-18-15(12)14/h5-8,10H,3-4,9,17H2,1-2H3. The predicted molar refractivity (Wildman–Crippen MR) is 83.4 cm³/mol. The van der Waals surface area contributed by atoms with Crippen LogP contribution < -0.4 is 10.5 Å². The van der Waals surface area contributed by atoms with Gasteiger partial charge >= 0.3 is 0 Å². The van der Waals surface area contributed by atoms with Crippen molar-refractivity contribution in [2.45, 2.75) is 26.7 Å². The molecule has 3 nitrogen and oxygen atoms in total. The minimum Gasteiger partial charge on any atom is -0.491 e. The molecule has 1 unspecified atom stereocenters. The average Bonchev–Trinajstić information content (AvgIpc) is 2.39. The Morgan fingerprint density at radius 2 is 2.21 bits per heavy atom. The van der Waals surface area contributed by atoms with Crippen LogP contribution >= 0.6 is 15.9 Å². The molecule has 19 heavy (non-hydrogen) atoms. The zero-order valence-electron chi connectivity index (χ0n) is 11.3. The molecule has 1 aromatic carbocycles. The Morgan fingerprint density at radius 1 is 1.42 bits per heavy atom. The van der Waals surface area contributed by atoms with Crippen LogP contribution in [0.4, 0.5) is 5.69 Å². The summed E-state index contributed by atoms with van der Waals surface area (Å²) in [5.41, 5.74) is 7.53. The zero-order chi connectivity index (χ0) is 13.8. The number of halogens is 1. The highest BCUT2D eigenvalue weighted by molar-refractivity contribution is 9.10. The van der Waals surface area contributed by atoms with E-state index >= 15 is 0 Å². The van der Waals surface area contributed by atoms with Crippen LogP contribution in [0.1, 0.15) is 26.7 Å². The van der Waals surface area contributed by atoms with Gasteiger partial charge in [-0.3, -0.25) is 4.98 Å². The van der Waals surface area contributed by atoms with Crippen molar-refractivity contribution >= 4 is 32.5 Å². The fourth-order valence-corrected chi connectivity index (χ4v) is 2.45. The van der Waals surface area contributed by atoms with Gasteiger partial charge in [-0.15, -0.1) is 0 Å². The van der Waals surface area contributed by atoms with Gasteiger partial charge in [0.15, 0.2) is 0 Å². The average molecular weight is 323 g/mol. The molecule has 1 heterocycles. The van der Waals surface area contributed by atoms with Crippen molar-refractivity contribution in [3.63, 3.8) is 0 Å². The second-order valence-electron chi connectivity index (χ2n) is 4.91. The first-order chi connectivity index (χ1) is 9.11. The maximum atomic E-state index is 5.98. The number of aromatic nitrogens is 1. The molecule has 0 aliphatic rings. The SMILES string of the molecule is CCCC(C)COc1ccc(N)c2cc(Br)cnc12. The number of anilines is 1. The van der Waals surface area contributed by atoms with Crippen LogP contribution in [0.3, 0.4) is 0 Å². The molecule has 2 aromatic rings. The first kappa shape index (κ1) is 14.1. The summed E-state index contributed by atoms with van der Waals surface area (Å²) in [7, 11) is 0. The van der Waals surface area contributed by atoms with E-state index < -0.39 is 0 Å². The fraction of sp³-hybridized carbons (Fsp3) is 0.400. The van der Waals surface area contributed by atoms with Crippen molar-refractivity contribution < 1.29 is 4.74 Å². The number of nitrogens with two attached hydrogens (primary N) is 1. The third kappa shape index (κ3) is 3.38. The zero-order valence-corrected chi connectivity index (χ0v) is 12.9. The maximum Gasteiger partial charge on any atom is 0.145 e. The number of hydrogen-bond donors (Lipinski definition) is 1. The third-order valence-corrected chi connectivity index (χ3v) is 3.55. The first-order valence-electron chi connectivity index (χ1n) is 6.58. The third-order valence-electron chi connectivity index (χ3n) is 3.12. The van der Waals surface area contributed by atoms with Crippen molar-refractivity contribution in [1.29, 1.82) is 0 Å². The molecule has 0 radical (unpaired) electrons. The normalized spacial score (nSPS) is 12.6. The lowest BCUT2D eigenvalue weighted by Gasteiger charge is -2.14. The molecule has 0 spiro atoms. The van der Waals surface area contributed by atoms with Gasteiger partial charge in [0.25, 0.3) is 0 Å². The van der Waals surface area contributed by atoms with Gasteiger partial charge in [0, 0.05) is 21.7 Å². The second-order valence-corrected chi connectivity index (χ2v) is 5.82. The van der Waals surface area contributed by atoms with Crippen molar-refractivity contribution in [3.8, 4) is 5.75 Å². The lowest BCUT2D eigenvalue weighted by atomic mass is 10.1. The lowest BCUT2D eigenvalue weighted by Crippen LogP contribution is -2.08. The molecular weight excluding hydrogens is 304 g/mol. The van der Waals surface area contributed by atoms with Gasteiger partial charge in [-0.1, -0.05) is 20.3 Å². The molecule has 0 amide bonds. The van der Waals surface area contributed by atoms with Crippen LogP contribution in [-0.4, -0.2) is 11.6 Å². The number of nitrogen functional groups attached to an aromatic ring is 1. The summed E-state index contributed by atoms with van der Waals surface area (Å²) in [5.74, 6) is 1.35. The van der Waals surface area contributed by atoms with Crippen LogP contribution in [0.2, 0.25) is 0 Å². The van der Waals surface area contributed by atoms with E-state index in [9.17, 15) is 0 Å². The number of rotatable bonds is 5. The van der Waals surface area contributed by atoms with Gasteiger partial charge in [-0.2, -0.15) is 0 Å². The van der Waals surface area contributed by atoms with Gasteiger partial charge in [0.1, 0.15) is 11.3 Å². The largest absolute Gasteiger partial charge is 0.491 e. The second kappa shape index (κ2) is 6.24. The van der Waals surface area contributed by atoms with Gasteiger partial charge < -0.3 is 10.5 Å². The minimum absolute atomic E-state index is 0.549. The number of pyridine rings is 1.